The molecule has 5 rings (SSSR count). The molecule has 5 aromatic rings. The maximum absolute atomic E-state index is 13.9. The number of fused-ring (bicyclic) bond motifs is 1. The Labute approximate surface area is 229 Å². The number of carboxylic acid groups (broad SMARTS) is 1. The first-order valence-electron chi connectivity index (χ1n) is 12.2. The molecule has 0 saturated heterocycles. The van der Waals surface area contributed by atoms with Gasteiger partial charge < -0.3 is 14.6 Å². The van der Waals surface area contributed by atoms with Gasteiger partial charge in [0, 0.05) is 17.6 Å². The predicted molar refractivity (Wildman–Crippen MR) is 150 cm³/mol. The topological polar surface area (TPSA) is 98.6 Å². The average molecular weight is 537 g/mol. The highest BCUT2D eigenvalue weighted by molar-refractivity contribution is 7.00. The summed E-state index contributed by atoms with van der Waals surface area (Å²) < 4.78 is 19.5. The van der Waals surface area contributed by atoms with Gasteiger partial charge in [-0.1, -0.05) is 48.5 Å². The van der Waals surface area contributed by atoms with E-state index in [1.165, 1.54) is 0 Å². The number of carbonyl (C=O) groups is 2. The van der Waals surface area contributed by atoms with Gasteiger partial charge in [-0.2, -0.15) is 8.75 Å². The van der Waals surface area contributed by atoms with E-state index in [9.17, 15) is 14.7 Å². The van der Waals surface area contributed by atoms with Crippen LogP contribution < -0.4 is 9.47 Å². The molecule has 0 unspecified atom stereocenters. The fourth-order valence-corrected chi connectivity index (χ4v) is 4.73. The molecule has 1 N–H and O–H groups in total. The summed E-state index contributed by atoms with van der Waals surface area (Å²) in [6, 6.07) is 28.8. The molecule has 0 radical (unpaired) electrons. The summed E-state index contributed by atoms with van der Waals surface area (Å²) in [5, 5.41) is 10.3. The quantitative estimate of drug-likeness (QED) is 0.167. The first kappa shape index (κ1) is 25.8. The molecule has 0 aliphatic carbocycles. The Morgan fingerprint density at radius 3 is 2.13 bits per heavy atom. The molecule has 0 amide bonds. The lowest BCUT2D eigenvalue weighted by molar-refractivity contribution is -0.130. The number of hydrogen-bond donors (Lipinski definition) is 1. The second-order valence-corrected chi connectivity index (χ2v) is 9.31. The number of ketones is 1. The van der Waals surface area contributed by atoms with Crippen molar-refractivity contribution >= 4 is 40.1 Å². The van der Waals surface area contributed by atoms with Crippen molar-refractivity contribution in [3.05, 3.63) is 125 Å². The van der Waals surface area contributed by atoms with E-state index in [1.807, 2.05) is 42.5 Å². The number of allylic oxidation sites excluding steroid dienone is 1. The Hall–Kier alpha value is -4.82. The van der Waals surface area contributed by atoms with Crippen LogP contribution in [-0.4, -0.2) is 32.7 Å². The minimum atomic E-state index is -1.20. The van der Waals surface area contributed by atoms with Crippen LogP contribution in [0.15, 0.2) is 103 Å². The summed E-state index contributed by atoms with van der Waals surface area (Å²) in [5.41, 5.74) is 3.89. The molecule has 4 aromatic carbocycles. The number of benzene rings is 4. The molecule has 1 aromatic heterocycles. The van der Waals surface area contributed by atoms with Crippen molar-refractivity contribution < 1.29 is 24.2 Å². The van der Waals surface area contributed by atoms with E-state index in [4.69, 9.17) is 9.47 Å². The highest BCUT2D eigenvalue weighted by Crippen LogP contribution is 2.29. The van der Waals surface area contributed by atoms with E-state index in [-0.39, 0.29) is 23.4 Å². The Morgan fingerprint density at radius 2 is 1.44 bits per heavy atom. The maximum atomic E-state index is 13.9. The Kier molecular flexibility index (Phi) is 7.75. The van der Waals surface area contributed by atoms with Crippen molar-refractivity contribution in [2.75, 3.05) is 7.11 Å². The zero-order valence-corrected chi connectivity index (χ0v) is 21.9. The van der Waals surface area contributed by atoms with Gasteiger partial charge in [-0.25, -0.2) is 4.79 Å². The third kappa shape index (κ3) is 6.02. The van der Waals surface area contributed by atoms with Crippen molar-refractivity contribution in [1.29, 1.82) is 0 Å². The molecular weight excluding hydrogens is 512 g/mol. The van der Waals surface area contributed by atoms with E-state index in [0.717, 1.165) is 22.9 Å². The molecule has 1 heterocycles. The van der Waals surface area contributed by atoms with Gasteiger partial charge in [0.05, 0.1) is 24.4 Å². The van der Waals surface area contributed by atoms with Crippen LogP contribution in [0.2, 0.25) is 0 Å². The van der Waals surface area contributed by atoms with Crippen molar-refractivity contribution in [3.63, 3.8) is 0 Å². The monoisotopic (exact) mass is 536 g/mol. The van der Waals surface area contributed by atoms with Gasteiger partial charge in [-0.15, -0.1) is 0 Å². The second-order valence-electron chi connectivity index (χ2n) is 8.78. The minimum absolute atomic E-state index is 0.0740. The summed E-state index contributed by atoms with van der Waals surface area (Å²) in [6.45, 7) is 0.397. The zero-order chi connectivity index (χ0) is 27.2. The molecule has 0 bridgehead atoms. The largest absolute Gasteiger partial charge is 0.497 e. The first-order valence-corrected chi connectivity index (χ1v) is 12.9. The number of ether oxygens (including phenoxy) is 2. The van der Waals surface area contributed by atoms with Crippen LogP contribution in [0.5, 0.6) is 11.5 Å². The summed E-state index contributed by atoms with van der Waals surface area (Å²) in [4.78, 5) is 26.5. The highest BCUT2D eigenvalue weighted by atomic mass is 32.1. The molecule has 0 aliphatic heterocycles. The SMILES string of the molecule is COc1ccc(C/C(C(=O)c2ccc(OCc3ccccc3)cc2)=C(\C(=O)O)c2ccc3nsnc3c2)cc1. The molecule has 0 fully saturated rings. The van der Waals surface area contributed by atoms with Crippen LogP contribution in [-0.2, 0) is 17.8 Å². The first-order chi connectivity index (χ1) is 19.0. The van der Waals surface area contributed by atoms with Crippen LogP contribution in [0, 0.1) is 0 Å². The lowest BCUT2D eigenvalue weighted by atomic mass is 9.89. The van der Waals surface area contributed by atoms with Crippen molar-refractivity contribution in [1.82, 2.24) is 8.75 Å². The van der Waals surface area contributed by atoms with Crippen LogP contribution in [0.3, 0.4) is 0 Å². The van der Waals surface area contributed by atoms with E-state index in [1.54, 1.807) is 61.7 Å². The summed E-state index contributed by atoms with van der Waals surface area (Å²) in [5.74, 6) is -0.302. The fraction of sp³-hybridized carbons (Fsp3) is 0.0968. The number of methoxy groups -OCH3 is 1. The molecule has 0 saturated carbocycles. The van der Waals surface area contributed by atoms with Gasteiger partial charge >= 0.3 is 5.97 Å². The smallest absolute Gasteiger partial charge is 0.336 e. The zero-order valence-electron chi connectivity index (χ0n) is 21.0. The number of aromatic nitrogens is 2. The van der Waals surface area contributed by atoms with Crippen molar-refractivity contribution in [2.24, 2.45) is 0 Å². The Balaban J connectivity index is 1.51. The van der Waals surface area contributed by atoms with Crippen LogP contribution in [0.4, 0.5) is 0 Å². The van der Waals surface area contributed by atoms with Gasteiger partial charge in [0.25, 0.3) is 0 Å². The average Bonchev–Trinajstić information content (AvgIpc) is 3.44. The van der Waals surface area contributed by atoms with E-state index < -0.39 is 5.97 Å². The molecule has 0 aliphatic rings. The lowest BCUT2D eigenvalue weighted by Gasteiger charge is -2.14. The Morgan fingerprint density at radius 1 is 0.769 bits per heavy atom. The molecule has 0 atom stereocenters. The highest BCUT2D eigenvalue weighted by Gasteiger charge is 2.24. The van der Waals surface area contributed by atoms with Crippen molar-refractivity contribution in [2.45, 2.75) is 13.0 Å². The summed E-state index contributed by atoms with van der Waals surface area (Å²) in [6.07, 6.45) is 0.115. The number of carbonyl (C=O) groups excluding carboxylic acids is 1. The van der Waals surface area contributed by atoms with Gasteiger partial charge in [0.15, 0.2) is 5.78 Å². The normalized spacial score (nSPS) is 11.6. The predicted octanol–water partition coefficient (Wildman–Crippen LogP) is 6.24. The van der Waals surface area contributed by atoms with Gasteiger partial charge in [-0.3, -0.25) is 4.79 Å². The van der Waals surface area contributed by atoms with E-state index in [0.29, 0.717) is 40.3 Å². The van der Waals surface area contributed by atoms with Crippen LogP contribution in [0.1, 0.15) is 27.0 Å². The second kappa shape index (κ2) is 11.7. The number of rotatable bonds is 10. The van der Waals surface area contributed by atoms with Gasteiger partial charge in [0.1, 0.15) is 29.1 Å². The number of Topliss-reactive ketones (excluding diaryl/α,β-unsaturated/α-hetero) is 1. The number of carboxylic acids is 1. The molecule has 7 nitrogen and oxygen atoms in total. The minimum Gasteiger partial charge on any atom is -0.497 e. The summed E-state index contributed by atoms with van der Waals surface area (Å²) in [7, 11) is 1.57. The van der Waals surface area contributed by atoms with Crippen LogP contribution >= 0.6 is 11.7 Å². The molecule has 8 heteroatoms. The lowest BCUT2D eigenvalue weighted by Crippen LogP contribution is -2.14. The Bertz CT molecular complexity index is 1640. The maximum Gasteiger partial charge on any atom is 0.336 e. The molecular formula is C31H24N2O5S. The third-order valence-electron chi connectivity index (χ3n) is 6.24. The third-order valence-corrected chi connectivity index (χ3v) is 6.79. The van der Waals surface area contributed by atoms with Crippen LogP contribution in [0.25, 0.3) is 16.6 Å². The fourth-order valence-electron chi connectivity index (χ4n) is 4.21. The standard InChI is InChI=1S/C31H24N2O5S/c1-37-24-12-7-20(8-13-24)17-26(29(31(35)36)23-11-16-27-28(18-23)33-39-32-27)30(34)22-9-14-25(15-10-22)38-19-21-5-3-2-4-6-21/h2-16,18H,17,19H2,1H3,(H,35,36)/b29-26+. The number of nitrogens with zero attached hydrogens (tertiary/aromatic N) is 2. The van der Waals surface area contributed by atoms with E-state index >= 15 is 0 Å². The number of aliphatic carboxylic acids is 1. The summed E-state index contributed by atoms with van der Waals surface area (Å²) >= 11 is 1.05. The van der Waals surface area contributed by atoms with E-state index in [2.05, 4.69) is 8.75 Å². The van der Waals surface area contributed by atoms with Gasteiger partial charge in [0.2, 0.25) is 0 Å². The molecule has 194 valence electrons. The van der Waals surface area contributed by atoms with Gasteiger partial charge in [-0.05, 0) is 65.2 Å². The van der Waals surface area contributed by atoms with Crippen molar-refractivity contribution in [3.8, 4) is 11.5 Å². The number of hydrogen-bond acceptors (Lipinski definition) is 7. The molecule has 0 spiro atoms. The molecule has 39 heavy (non-hydrogen) atoms.